The van der Waals surface area contributed by atoms with E-state index in [0.29, 0.717) is 0 Å². The summed E-state index contributed by atoms with van der Waals surface area (Å²) in [6.07, 6.45) is 2.04. The topological polar surface area (TPSA) is 201 Å². The zero-order valence-corrected chi connectivity index (χ0v) is 24.3. The number of hydrogen-bond donors (Lipinski definition) is 3. The summed E-state index contributed by atoms with van der Waals surface area (Å²) < 4.78 is 16.2. The standard InChI is InChI=1S/C23H33N9O7S/c1-21(2,3)37-18(35)23(7,8)39-30-14(15-28-19(40-31-15)29-20(36)38-22(4,5)6)17(34)27-13-12(26-16(13)33)9-32-11-24-10-25-32/h10-13H,9H2,1-8H3,(H,26,33)(H,27,34)(H,28,29,31,36)/t12-,13+/m1/s1. The van der Waals surface area contributed by atoms with Gasteiger partial charge in [0.15, 0.2) is 0 Å². The van der Waals surface area contributed by atoms with Crippen molar-refractivity contribution in [2.75, 3.05) is 5.32 Å². The first-order valence-electron chi connectivity index (χ1n) is 12.2. The second-order valence-electron chi connectivity index (χ2n) is 11.3. The lowest BCUT2D eigenvalue weighted by Gasteiger charge is -2.36. The Hall–Kier alpha value is -4.15. The van der Waals surface area contributed by atoms with E-state index >= 15 is 0 Å². The molecule has 0 aromatic carbocycles. The van der Waals surface area contributed by atoms with Crippen molar-refractivity contribution >= 4 is 46.3 Å². The van der Waals surface area contributed by atoms with Gasteiger partial charge < -0.3 is 24.9 Å². The van der Waals surface area contributed by atoms with E-state index in [9.17, 15) is 19.2 Å². The summed E-state index contributed by atoms with van der Waals surface area (Å²) in [5, 5.41) is 15.6. The van der Waals surface area contributed by atoms with Gasteiger partial charge >= 0.3 is 12.1 Å². The Kier molecular flexibility index (Phi) is 8.76. The second kappa shape index (κ2) is 11.5. The Morgan fingerprint density at radius 1 is 1.10 bits per heavy atom. The van der Waals surface area contributed by atoms with Crippen LogP contribution in [0.1, 0.15) is 61.2 Å². The Morgan fingerprint density at radius 2 is 1.77 bits per heavy atom. The van der Waals surface area contributed by atoms with Crippen molar-refractivity contribution < 1.29 is 33.5 Å². The molecule has 2 aromatic heterocycles. The number of carbonyl (C=O) groups excluding carboxylic acids is 4. The molecule has 1 aliphatic heterocycles. The van der Waals surface area contributed by atoms with E-state index in [4.69, 9.17) is 14.3 Å². The summed E-state index contributed by atoms with van der Waals surface area (Å²) in [5.41, 5.74) is -3.59. The predicted octanol–water partition coefficient (Wildman–Crippen LogP) is 1.00. The highest BCUT2D eigenvalue weighted by Crippen LogP contribution is 2.20. The summed E-state index contributed by atoms with van der Waals surface area (Å²) in [6.45, 7) is 13.3. The van der Waals surface area contributed by atoms with E-state index in [0.717, 1.165) is 11.5 Å². The summed E-state index contributed by atoms with van der Waals surface area (Å²) in [5.74, 6) is -2.23. The van der Waals surface area contributed by atoms with Gasteiger partial charge in [-0.1, -0.05) is 5.16 Å². The lowest BCUT2D eigenvalue weighted by atomic mass is 9.98. The molecule has 17 heteroatoms. The van der Waals surface area contributed by atoms with Crippen molar-refractivity contribution in [1.82, 2.24) is 34.8 Å². The molecule has 1 saturated heterocycles. The van der Waals surface area contributed by atoms with Crippen LogP contribution in [-0.4, -0.2) is 82.6 Å². The lowest BCUT2D eigenvalue weighted by Crippen LogP contribution is -2.70. The number of carbonyl (C=O) groups is 4. The van der Waals surface area contributed by atoms with Crippen LogP contribution in [0.15, 0.2) is 17.8 Å². The molecule has 218 valence electrons. The summed E-state index contributed by atoms with van der Waals surface area (Å²) in [4.78, 5) is 63.8. The van der Waals surface area contributed by atoms with Crippen LogP contribution in [0.3, 0.4) is 0 Å². The van der Waals surface area contributed by atoms with E-state index in [1.165, 1.54) is 31.2 Å². The predicted molar refractivity (Wildman–Crippen MR) is 141 cm³/mol. The molecule has 0 saturated carbocycles. The average molecular weight is 580 g/mol. The molecule has 0 radical (unpaired) electrons. The van der Waals surface area contributed by atoms with Crippen LogP contribution >= 0.6 is 11.5 Å². The van der Waals surface area contributed by atoms with Gasteiger partial charge in [-0.2, -0.15) is 14.5 Å². The SMILES string of the molecule is CC(C)(C)OC(=O)Nc1nc(C(=NOC(C)(C)C(=O)OC(C)(C)C)C(=O)N[C@@H]2C(=O)N[C@@H]2Cn2cncn2)ns1. The Labute approximate surface area is 234 Å². The largest absolute Gasteiger partial charge is 0.457 e. The third kappa shape index (κ3) is 8.42. The highest BCUT2D eigenvalue weighted by atomic mass is 32.1. The Bertz CT molecular complexity index is 1280. The number of esters is 1. The number of anilines is 1. The lowest BCUT2D eigenvalue weighted by molar-refractivity contribution is -0.179. The minimum Gasteiger partial charge on any atom is -0.457 e. The van der Waals surface area contributed by atoms with Crippen molar-refractivity contribution in [2.45, 2.75) is 90.8 Å². The van der Waals surface area contributed by atoms with Crippen molar-refractivity contribution in [3.05, 3.63) is 18.5 Å². The monoisotopic (exact) mass is 579 g/mol. The van der Waals surface area contributed by atoms with Crippen LogP contribution in [0.4, 0.5) is 9.93 Å². The third-order valence-electron chi connectivity index (χ3n) is 4.87. The van der Waals surface area contributed by atoms with Gasteiger partial charge in [-0.25, -0.2) is 14.6 Å². The molecule has 3 rings (SSSR count). The molecule has 0 unspecified atom stereocenters. The van der Waals surface area contributed by atoms with Gasteiger partial charge in [0.2, 0.25) is 28.2 Å². The molecule has 3 amide bonds. The number of aromatic nitrogens is 5. The van der Waals surface area contributed by atoms with E-state index < -0.39 is 58.5 Å². The minimum atomic E-state index is -1.60. The highest BCUT2D eigenvalue weighted by molar-refractivity contribution is 7.10. The molecule has 3 N–H and O–H groups in total. The number of amides is 3. The van der Waals surface area contributed by atoms with Gasteiger partial charge in [-0.3, -0.25) is 19.6 Å². The summed E-state index contributed by atoms with van der Waals surface area (Å²) >= 11 is 0.761. The van der Waals surface area contributed by atoms with Crippen molar-refractivity contribution in [2.24, 2.45) is 5.16 Å². The number of oxime groups is 1. The van der Waals surface area contributed by atoms with Crippen molar-refractivity contribution in [3.63, 3.8) is 0 Å². The second-order valence-corrected chi connectivity index (χ2v) is 12.0. The molecule has 16 nitrogen and oxygen atoms in total. The maximum Gasteiger partial charge on any atom is 0.414 e. The van der Waals surface area contributed by atoms with Crippen molar-refractivity contribution in [1.29, 1.82) is 0 Å². The number of β-lactam (4-membered cyclic amide) rings is 1. The quantitative estimate of drug-likeness (QED) is 0.166. The Balaban J connectivity index is 1.83. The smallest absolute Gasteiger partial charge is 0.414 e. The number of nitrogens with zero attached hydrogens (tertiary/aromatic N) is 6. The van der Waals surface area contributed by atoms with Gasteiger partial charge in [0.1, 0.15) is 29.9 Å². The van der Waals surface area contributed by atoms with Gasteiger partial charge in [0, 0.05) is 11.5 Å². The van der Waals surface area contributed by atoms with Crippen LogP contribution in [0, 0.1) is 0 Å². The van der Waals surface area contributed by atoms with Crippen LogP contribution < -0.4 is 16.0 Å². The fraction of sp³-hybridized carbons (Fsp3) is 0.609. The summed E-state index contributed by atoms with van der Waals surface area (Å²) in [7, 11) is 0. The van der Waals surface area contributed by atoms with E-state index in [-0.39, 0.29) is 17.5 Å². The zero-order chi connectivity index (χ0) is 29.9. The number of rotatable bonds is 9. The molecule has 40 heavy (non-hydrogen) atoms. The molecule has 2 atom stereocenters. The van der Waals surface area contributed by atoms with Gasteiger partial charge in [-0.15, -0.1) is 0 Å². The third-order valence-corrected chi connectivity index (χ3v) is 5.50. The molecule has 0 bridgehead atoms. The normalized spacial score (nSPS) is 17.8. The molecule has 0 spiro atoms. The van der Waals surface area contributed by atoms with E-state index in [1.807, 2.05) is 0 Å². The number of ether oxygens (including phenoxy) is 2. The fourth-order valence-corrected chi connectivity index (χ4v) is 3.60. The average Bonchev–Trinajstić information content (AvgIpc) is 3.47. The van der Waals surface area contributed by atoms with E-state index in [1.54, 1.807) is 41.5 Å². The number of nitrogens with one attached hydrogen (secondary N) is 3. The van der Waals surface area contributed by atoms with Gasteiger partial charge in [0.25, 0.3) is 5.91 Å². The first-order valence-corrected chi connectivity index (χ1v) is 13.0. The van der Waals surface area contributed by atoms with Gasteiger partial charge in [0.05, 0.1) is 12.6 Å². The summed E-state index contributed by atoms with van der Waals surface area (Å²) in [6, 6.07) is -1.41. The minimum absolute atomic E-state index is 0.0154. The van der Waals surface area contributed by atoms with Crippen LogP contribution in [-0.2, 0) is 35.2 Å². The molecular weight excluding hydrogens is 546 g/mol. The molecule has 3 heterocycles. The molecule has 0 aliphatic carbocycles. The molecule has 1 aliphatic rings. The zero-order valence-electron chi connectivity index (χ0n) is 23.5. The van der Waals surface area contributed by atoms with E-state index in [2.05, 4.69) is 40.5 Å². The molecular formula is C23H33N9O7S. The molecule has 1 fully saturated rings. The Morgan fingerprint density at radius 3 is 2.35 bits per heavy atom. The maximum atomic E-state index is 13.3. The first kappa shape index (κ1) is 30.4. The van der Waals surface area contributed by atoms with Crippen LogP contribution in [0.5, 0.6) is 0 Å². The fourth-order valence-electron chi connectivity index (χ4n) is 3.04. The van der Waals surface area contributed by atoms with Crippen LogP contribution in [0.25, 0.3) is 0 Å². The molecule has 2 aromatic rings. The van der Waals surface area contributed by atoms with Gasteiger partial charge in [-0.05, 0) is 55.4 Å². The van der Waals surface area contributed by atoms with Crippen molar-refractivity contribution in [3.8, 4) is 0 Å². The first-order chi connectivity index (χ1) is 18.4. The highest BCUT2D eigenvalue weighted by Gasteiger charge is 2.42. The number of hydrogen-bond acceptors (Lipinski definition) is 13. The van der Waals surface area contributed by atoms with Crippen LogP contribution in [0.2, 0.25) is 0 Å². The maximum absolute atomic E-state index is 13.3.